The van der Waals surface area contributed by atoms with Gasteiger partial charge in [-0.1, -0.05) is 11.6 Å². The van der Waals surface area contributed by atoms with Crippen molar-refractivity contribution in [2.45, 2.75) is 32.0 Å². The van der Waals surface area contributed by atoms with Crippen LogP contribution in [0.1, 0.15) is 22.7 Å². The van der Waals surface area contributed by atoms with Crippen molar-refractivity contribution in [3.05, 3.63) is 38.8 Å². The number of rotatable bonds is 5. The molecule has 26 heavy (non-hydrogen) atoms. The summed E-state index contributed by atoms with van der Waals surface area (Å²) in [5.74, 6) is -0.854. The first-order valence-corrected chi connectivity index (χ1v) is 8.59. The molecule has 5 nitrogen and oxygen atoms in total. The fraction of sp³-hybridized carbons (Fsp3) is 0.375. The number of aromatic nitrogens is 1. The Morgan fingerprint density at radius 3 is 2.54 bits per heavy atom. The normalized spacial score (nSPS) is 14.0. The molecule has 0 saturated heterocycles. The van der Waals surface area contributed by atoms with E-state index in [1.54, 1.807) is 6.92 Å². The highest BCUT2D eigenvalue weighted by Crippen LogP contribution is 2.43. The van der Waals surface area contributed by atoms with E-state index in [2.05, 4.69) is 10.3 Å². The van der Waals surface area contributed by atoms with Crippen molar-refractivity contribution in [2.75, 3.05) is 12.4 Å². The summed E-state index contributed by atoms with van der Waals surface area (Å²) in [7, 11) is 1.33. The zero-order valence-electron chi connectivity index (χ0n) is 14.1. The van der Waals surface area contributed by atoms with Crippen molar-refractivity contribution >= 4 is 34.5 Å². The molecular formula is C16H16ClF3N2O3S. The molecule has 0 aliphatic carbocycles. The van der Waals surface area contributed by atoms with Gasteiger partial charge in [0.05, 0.1) is 19.2 Å². The number of nitrogens with zero attached hydrogens (tertiary/aromatic N) is 1. The second-order valence-corrected chi connectivity index (χ2v) is 6.94. The van der Waals surface area contributed by atoms with Crippen LogP contribution in [0.5, 0.6) is 5.75 Å². The number of methoxy groups -OCH3 is 1. The molecule has 0 bridgehead atoms. The first-order valence-electron chi connectivity index (χ1n) is 7.33. The van der Waals surface area contributed by atoms with Crippen LogP contribution in [0.25, 0.3) is 0 Å². The van der Waals surface area contributed by atoms with E-state index in [9.17, 15) is 23.1 Å². The molecule has 1 unspecified atom stereocenters. The van der Waals surface area contributed by atoms with E-state index >= 15 is 0 Å². The number of anilines is 1. The van der Waals surface area contributed by atoms with Crippen LogP contribution in [0.2, 0.25) is 5.02 Å². The largest absolute Gasteiger partial charge is 0.495 e. The number of hydrogen-bond acceptors (Lipinski definition) is 5. The van der Waals surface area contributed by atoms with Crippen molar-refractivity contribution < 1.29 is 27.8 Å². The number of carbonyl (C=O) groups excluding carboxylic acids is 1. The van der Waals surface area contributed by atoms with E-state index in [1.807, 2.05) is 0 Å². The van der Waals surface area contributed by atoms with Crippen LogP contribution in [0.15, 0.2) is 17.5 Å². The van der Waals surface area contributed by atoms with E-state index in [0.29, 0.717) is 27.6 Å². The Hall–Kier alpha value is -1.84. The first kappa shape index (κ1) is 20.5. The molecule has 2 rings (SSSR count). The van der Waals surface area contributed by atoms with Crippen molar-refractivity contribution in [1.82, 2.24) is 4.98 Å². The molecule has 0 aliphatic heterocycles. The number of halogens is 4. The lowest BCUT2D eigenvalue weighted by atomic mass is 9.99. The third-order valence-corrected chi connectivity index (χ3v) is 5.13. The van der Waals surface area contributed by atoms with Gasteiger partial charge in [0.1, 0.15) is 10.8 Å². The monoisotopic (exact) mass is 408 g/mol. The van der Waals surface area contributed by atoms with E-state index in [1.165, 1.54) is 31.5 Å². The molecular weight excluding hydrogens is 393 g/mol. The van der Waals surface area contributed by atoms with Crippen molar-refractivity contribution in [2.24, 2.45) is 0 Å². The number of alkyl halides is 3. The van der Waals surface area contributed by atoms with Crippen molar-refractivity contribution in [3.8, 4) is 5.75 Å². The minimum Gasteiger partial charge on any atom is -0.495 e. The molecule has 1 aromatic carbocycles. The summed E-state index contributed by atoms with van der Waals surface area (Å²) >= 11 is 6.60. The Bertz CT molecular complexity index is 826. The molecule has 0 fully saturated rings. The van der Waals surface area contributed by atoms with Crippen LogP contribution in [-0.2, 0) is 10.4 Å². The molecule has 1 amide bonds. The van der Waals surface area contributed by atoms with Crippen LogP contribution < -0.4 is 10.1 Å². The Labute approximate surface area is 156 Å². The minimum absolute atomic E-state index is 0.152. The molecule has 1 aromatic heterocycles. The van der Waals surface area contributed by atoms with E-state index in [-0.39, 0.29) is 11.4 Å². The Balaban J connectivity index is 2.31. The highest BCUT2D eigenvalue weighted by molar-refractivity contribution is 7.09. The van der Waals surface area contributed by atoms with Crippen LogP contribution in [0.3, 0.4) is 0 Å². The highest BCUT2D eigenvalue weighted by Gasteiger charge is 2.58. The van der Waals surface area contributed by atoms with Crippen molar-refractivity contribution in [3.63, 3.8) is 0 Å². The van der Waals surface area contributed by atoms with Crippen molar-refractivity contribution in [1.29, 1.82) is 0 Å². The lowest BCUT2D eigenvalue weighted by Gasteiger charge is -2.28. The third-order valence-electron chi connectivity index (χ3n) is 3.61. The smallest absolute Gasteiger partial charge is 0.424 e. The van der Waals surface area contributed by atoms with Gasteiger partial charge in [-0.2, -0.15) is 13.2 Å². The number of hydrogen-bond donors (Lipinski definition) is 2. The number of amides is 1. The quantitative estimate of drug-likeness (QED) is 0.777. The lowest BCUT2D eigenvalue weighted by molar-refractivity contribution is -0.266. The average Bonchev–Trinajstić information content (AvgIpc) is 2.96. The fourth-order valence-corrected chi connectivity index (χ4v) is 3.27. The predicted octanol–water partition coefficient (Wildman–Crippen LogP) is 4.20. The number of aryl methyl sites for hydroxylation is 2. The van der Waals surface area contributed by atoms with Gasteiger partial charge < -0.3 is 15.2 Å². The summed E-state index contributed by atoms with van der Waals surface area (Å²) in [6, 6.07) is 2.91. The number of nitrogens with one attached hydrogen (secondary N) is 1. The van der Waals surface area contributed by atoms with Gasteiger partial charge in [0.15, 0.2) is 0 Å². The standard InChI is InChI=1S/C16H16ClF3N2O3S/c1-8-4-11(12(25-3)5-10(8)17)22-13(23)6-15(24,16(18,19)20)14-21-9(2)7-26-14/h4-5,7,24H,6H2,1-3H3,(H,22,23). The molecule has 0 aliphatic rings. The summed E-state index contributed by atoms with van der Waals surface area (Å²) in [6.07, 6.45) is -6.32. The Morgan fingerprint density at radius 1 is 1.38 bits per heavy atom. The van der Waals surface area contributed by atoms with Gasteiger partial charge >= 0.3 is 6.18 Å². The van der Waals surface area contributed by atoms with Gasteiger partial charge in [0.25, 0.3) is 0 Å². The maximum absolute atomic E-state index is 13.5. The van der Waals surface area contributed by atoms with Gasteiger partial charge in [-0.25, -0.2) is 4.98 Å². The molecule has 142 valence electrons. The first-order chi connectivity index (χ1) is 12.0. The molecule has 0 saturated carbocycles. The Kier molecular flexibility index (Phi) is 5.84. The molecule has 2 aromatic rings. The number of thiazole rings is 1. The fourth-order valence-electron chi connectivity index (χ4n) is 2.20. The van der Waals surface area contributed by atoms with Crippen LogP contribution >= 0.6 is 22.9 Å². The molecule has 1 atom stereocenters. The summed E-state index contributed by atoms with van der Waals surface area (Å²) in [5.41, 5.74) is -2.31. The topological polar surface area (TPSA) is 71.5 Å². The van der Waals surface area contributed by atoms with E-state index in [0.717, 1.165) is 0 Å². The summed E-state index contributed by atoms with van der Waals surface area (Å²) in [5, 5.41) is 13.7. The van der Waals surface area contributed by atoms with Gasteiger partial charge in [0.2, 0.25) is 11.5 Å². The van der Waals surface area contributed by atoms with E-state index < -0.39 is 29.1 Å². The van der Waals surface area contributed by atoms with Gasteiger partial charge in [0, 0.05) is 22.2 Å². The molecule has 2 N–H and O–H groups in total. The second-order valence-electron chi connectivity index (χ2n) is 5.68. The average molecular weight is 409 g/mol. The van der Waals surface area contributed by atoms with E-state index in [4.69, 9.17) is 16.3 Å². The third kappa shape index (κ3) is 4.11. The number of benzene rings is 1. The lowest BCUT2D eigenvalue weighted by Crippen LogP contribution is -2.45. The van der Waals surface area contributed by atoms with Gasteiger partial charge in [-0.05, 0) is 25.5 Å². The Morgan fingerprint density at radius 2 is 2.04 bits per heavy atom. The molecule has 0 spiro atoms. The highest BCUT2D eigenvalue weighted by atomic mass is 35.5. The zero-order chi connectivity index (χ0) is 19.7. The summed E-state index contributed by atoms with van der Waals surface area (Å²) < 4.78 is 45.4. The molecule has 0 radical (unpaired) electrons. The van der Waals surface area contributed by atoms with Crippen LogP contribution in [0, 0.1) is 13.8 Å². The van der Waals surface area contributed by atoms with Crippen LogP contribution in [0.4, 0.5) is 18.9 Å². The molecule has 1 heterocycles. The minimum atomic E-state index is -5.07. The van der Waals surface area contributed by atoms with Gasteiger partial charge in [-0.15, -0.1) is 11.3 Å². The second kappa shape index (κ2) is 7.42. The number of aliphatic hydroxyl groups is 1. The van der Waals surface area contributed by atoms with Crippen LogP contribution in [-0.4, -0.2) is 29.3 Å². The summed E-state index contributed by atoms with van der Waals surface area (Å²) in [4.78, 5) is 15.9. The SMILES string of the molecule is COc1cc(Cl)c(C)cc1NC(=O)CC(O)(c1nc(C)cs1)C(F)(F)F. The predicted molar refractivity (Wildman–Crippen MR) is 92.8 cm³/mol. The maximum atomic E-state index is 13.5. The molecule has 10 heteroatoms. The number of ether oxygens (including phenoxy) is 1. The maximum Gasteiger partial charge on any atom is 0.424 e. The van der Waals surface area contributed by atoms with Gasteiger partial charge in [-0.3, -0.25) is 4.79 Å². The number of carbonyl (C=O) groups is 1. The zero-order valence-corrected chi connectivity index (χ0v) is 15.6. The summed E-state index contributed by atoms with van der Waals surface area (Å²) in [6.45, 7) is 3.17.